The first-order valence-corrected chi connectivity index (χ1v) is 12.9. The maximum absolute atomic E-state index is 13.8. The molecule has 0 unspecified atom stereocenters. The summed E-state index contributed by atoms with van der Waals surface area (Å²) in [5, 5.41) is 9.47. The van der Waals surface area contributed by atoms with Crippen LogP contribution in [0, 0.1) is 0 Å². The lowest BCUT2D eigenvalue weighted by Gasteiger charge is -2.24. The van der Waals surface area contributed by atoms with Gasteiger partial charge in [0.15, 0.2) is 5.82 Å². The van der Waals surface area contributed by atoms with Gasteiger partial charge in [0.1, 0.15) is 17.2 Å². The van der Waals surface area contributed by atoms with Crippen molar-refractivity contribution >= 4 is 21.5 Å². The Labute approximate surface area is 200 Å². The molecular weight excluding hydrogens is 466 g/mol. The molecular formula is C22H34F2N6O3S. The number of sulfonamides is 1. The van der Waals surface area contributed by atoms with Crippen molar-refractivity contribution in [2.75, 3.05) is 30.9 Å². The van der Waals surface area contributed by atoms with Crippen LogP contribution in [0.4, 0.5) is 14.6 Å². The summed E-state index contributed by atoms with van der Waals surface area (Å²) in [6, 6.07) is 4.20. The van der Waals surface area contributed by atoms with Gasteiger partial charge in [-0.1, -0.05) is 13.8 Å². The molecule has 3 heterocycles. The van der Waals surface area contributed by atoms with E-state index in [1.165, 1.54) is 35.1 Å². The van der Waals surface area contributed by atoms with Crippen molar-refractivity contribution in [1.82, 2.24) is 24.1 Å². The zero-order valence-electron chi connectivity index (χ0n) is 20.0. The van der Waals surface area contributed by atoms with E-state index in [0.29, 0.717) is 30.1 Å². The molecule has 3 rings (SSSR count). The summed E-state index contributed by atoms with van der Waals surface area (Å²) in [6.07, 6.45) is 5.95. The van der Waals surface area contributed by atoms with Crippen LogP contribution >= 0.6 is 0 Å². The van der Waals surface area contributed by atoms with E-state index in [9.17, 15) is 22.3 Å². The number of anilines is 1. The summed E-state index contributed by atoms with van der Waals surface area (Å²) >= 11 is 0. The Bertz CT molecular complexity index is 1190. The summed E-state index contributed by atoms with van der Waals surface area (Å²) in [4.78, 5) is 14.9. The number of fused-ring (bicyclic) bond motifs is 1. The molecule has 0 aliphatic heterocycles. The van der Waals surface area contributed by atoms with Gasteiger partial charge in [-0.25, -0.2) is 36.9 Å². The summed E-state index contributed by atoms with van der Waals surface area (Å²) in [5.41, 5.74) is 0.772. The van der Waals surface area contributed by atoms with Crippen LogP contribution in [0.15, 0.2) is 36.8 Å². The van der Waals surface area contributed by atoms with Crippen molar-refractivity contribution in [3.63, 3.8) is 0 Å². The van der Waals surface area contributed by atoms with Gasteiger partial charge < -0.3 is 10.0 Å². The maximum atomic E-state index is 13.8. The van der Waals surface area contributed by atoms with Gasteiger partial charge in [-0.15, -0.1) is 0 Å². The van der Waals surface area contributed by atoms with Crippen molar-refractivity contribution in [1.29, 1.82) is 0 Å². The van der Waals surface area contributed by atoms with Gasteiger partial charge in [-0.3, -0.25) is 4.40 Å². The van der Waals surface area contributed by atoms with E-state index >= 15 is 0 Å². The van der Waals surface area contributed by atoms with E-state index < -0.39 is 15.9 Å². The molecule has 0 radical (unpaired) electrons. The van der Waals surface area contributed by atoms with E-state index in [0.717, 1.165) is 13.2 Å². The Morgan fingerprint density at radius 2 is 1.94 bits per heavy atom. The molecule has 0 fully saturated rings. The maximum Gasteiger partial charge on any atom is 0.271 e. The van der Waals surface area contributed by atoms with Crippen LogP contribution in [0.5, 0.6) is 0 Å². The van der Waals surface area contributed by atoms with Crippen molar-refractivity contribution in [3.8, 4) is 11.5 Å². The standard InChI is InChI=1S/C20H26F2N6O3S.C2H6.H2/c1-14(26-32(3,30)31)7-9-27(10-11-29)18-6-8-23-19(25-18)16-12-24-17-5-4-15(13-28(16)17)20(2,21)22;1-2;/h4-6,8,12-14,26,29H,7,9-11H2,1-3H3;1-2H3;1H/t14-;;/m0../s1. The van der Waals surface area contributed by atoms with Crippen LogP contribution in [0.1, 0.15) is 41.1 Å². The van der Waals surface area contributed by atoms with E-state index in [2.05, 4.69) is 19.7 Å². The lowest BCUT2D eigenvalue weighted by Crippen LogP contribution is -2.36. The second-order valence-electron chi connectivity index (χ2n) is 7.71. The van der Waals surface area contributed by atoms with Crippen molar-refractivity contribution in [2.24, 2.45) is 0 Å². The van der Waals surface area contributed by atoms with E-state index in [1.54, 1.807) is 17.9 Å². The molecule has 0 aromatic carbocycles. The van der Waals surface area contributed by atoms with E-state index in [4.69, 9.17) is 0 Å². The molecule has 0 saturated heterocycles. The van der Waals surface area contributed by atoms with Gasteiger partial charge in [0, 0.05) is 45.4 Å². The number of aromatic nitrogens is 4. The average molecular weight is 501 g/mol. The molecule has 0 aliphatic carbocycles. The Balaban J connectivity index is 0.00000199. The minimum absolute atomic E-state index is 0. The molecule has 190 valence electrons. The highest BCUT2D eigenvalue weighted by molar-refractivity contribution is 7.88. The first-order chi connectivity index (χ1) is 16.0. The SMILES string of the molecule is CC.C[C@@H](CCN(CCO)c1ccnc(-c2cnc3ccc(C(C)(F)F)cn23)n1)NS(C)(=O)=O.[HH]. The largest absolute Gasteiger partial charge is 0.395 e. The van der Waals surface area contributed by atoms with Gasteiger partial charge in [0.2, 0.25) is 10.0 Å². The molecule has 3 aromatic rings. The lowest BCUT2D eigenvalue weighted by atomic mass is 10.2. The number of aliphatic hydroxyl groups excluding tert-OH is 1. The predicted molar refractivity (Wildman–Crippen MR) is 131 cm³/mol. The minimum Gasteiger partial charge on any atom is -0.395 e. The fraction of sp³-hybridized carbons (Fsp3) is 0.500. The molecule has 12 heteroatoms. The number of halogens is 2. The molecule has 0 amide bonds. The number of hydrogen-bond acceptors (Lipinski definition) is 7. The number of alkyl halides is 2. The molecule has 0 aliphatic rings. The number of pyridine rings is 1. The Hall–Kier alpha value is -2.70. The fourth-order valence-corrected chi connectivity index (χ4v) is 4.14. The Morgan fingerprint density at radius 3 is 2.56 bits per heavy atom. The molecule has 9 nitrogen and oxygen atoms in total. The number of rotatable bonds is 10. The number of nitrogens with one attached hydrogen (secondary N) is 1. The van der Waals surface area contributed by atoms with E-state index in [1.807, 2.05) is 13.8 Å². The van der Waals surface area contributed by atoms with Crippen LogP contribution in [0.3, 0.4) is 0 Å². The van der Waals surface area contributed by atoms with Crippen LogP contribution in [0.25, 0.3) is 17.2 Å². The van der Waals surface area contributed by atoms with Gasteiger partial charge in [0.05, 0.1) is 19.1 Å². The third-order valence-corrected chi connectivity index (χ3v) is 5.65. The zero-order chi connectivity index (χ0) is 25.5. The van der Waals surface area contributed by atoms with Crippen molar-refractivity contribution < 1.29 is 23.7 Å². The molecule has 3 aromatic heterocycles. The first-order valence-electron chi connectivity index (χ1n) is 11.0. The summed E-state index contributed by atoms with van der Waals surface area (Å²) in [5.74, 6) is -2.20. The topological polar surface area (TPSA) is 113 Å². The molecule has 0 bridgehead atoms. The average Bonchev–Trinajstić information content (AvgIpc) is 3.20. The lowest BCUT2D eigenvalue weighted by molar-refractivity contribution is 0.0170. The zero-order valence-corrected chi connectivity index (χ0v) is 20.9. The Kier molecular flexibility index (Phi) is 9.42. The van der Waals surface area contributed by atoms with Crippen LogP contribution in [0.2, 0.25) is 0 Å². The van der Waals surface area contributed by atoms with Crippen LogP contribution < -0.4 is 9.62 Å². The van der Waals surface area contributed by atoms with Crippen molar-refractivity contribution in [3.05, 3.63) is 42.4 Å². The molecule has 0 spiro atoms. The number of nitrogens with zero attached hydrogens (tertiary/aromatic N) is 5. The number of imidazole rings is 1. The highest BCUT2D eigenvalue weighted by Crippen LogP contribution is 2.28. The van der Waals surface area contributed by atoms with Gasteiger partial charge in [-0.2, -0.15) is 0 Å². The van der Waals surface area contributed by atoms with Gasteiger partial charge >= 0.3 is 0 Å². The first kappa shape index (κ1) is 27.5. The smallest absolute Gasteiger partial charge is 0.271 e. The van der Waals surface area contributed by atoms with E-state index in [-0.39, 0.29) is 32.0 Å². The summed E-state index contributed by atoms with van der Waals surface area (Å²) in [7, 11) is -3.33. The van der Waals surface area contributed by atoms with Gasteiger partial charge in [-0.05, 0) is 31.5 Å². The number of aliphatic hydroxyl groups is 1. The molecule has 34 heavy (non-hydrogen) atoms. The second-order valence-corrected chi connectivity index (χ2v) is 9.49. The third kappa shape index (κ3) is 7.40. The van der Waals surface area contributed by atoms with Crippen LogP contribution in [-0.4, -0.2) is 64.9 Å². The fourth-order valence-electron chi connectivity index (χ4n) is 3.29. The molecule has 2 N–H and O–H groups in total. The van der Waals surface area contributed by atoms with Gasteiger partial charge in [0.25, 0.3) is 5.92 Å². The second kappa shape index (κ2) is 11.6. The molecule has 1 atom stereocenters. The summed E-state index contributed by atoms with van der Waals surface area (Å²) in [6.45, 7) is 7.16. The molecule has 0 saturated carbocycles. The highest BCUT2D eigenvalue weighted by atomic mass is 32.2. The minimum atomic E-state index is -3.33. The number of hydrogen-bond donors (Lipinski definition) is 2. The monoisotopic (exact) mass is 500 g/mol. The Morgan fingerprint density at radius 1 is 1.24 bits per heavy atom. The quantitative estimate of drug-likeness (QED) is 0.439. The van der Waals surface area contributed by atoms with Crippen LogP contribution in [-0.2, 0) is 15.9 Å². The summed E-state index contributed by atoms with van der Waals surface area (Å²) < 4.78 is 54.4. The third-order valence-electron chi connectivity index (χ3n) is 4.82. The predicted octanol–water partition coefficient (Wildman–Crippen LogP) is 3.30. The normalized spacial score (nSPS) is 12.8. The van der Waals surface area contributed by atoms with Crippen molar-refractivity contribution in [2.45, 2.75) is 46.1 Å². The highest BCUT2D eigenvalue weighted by Gasteiger charge is 2.25.